The minimum atomic E-state index is -0.394. The molecule has 2 aliphatic rings. The van der Waals surface area contributed by atoms with Crippen molar-refractivity contribution in [2.24, 2.45) is 5.92 Å². The zero-order valence-electron chi connectivity index (χ0n) is 14.2. The summed E-state index contributed by atoms with van der Waals surface area (Å²) in [6, 6.07) is 9.48. The number of ether oxygens (including phenoxy) is 1. The Morgan fingerprint density at radius 3 is 2.46 bits per heavy atom. The summed E-state index contributed by atoms with van der Waals surface area (Å²) in [5.41, 5.74) is 0.724. The summed E-state index contributed by atoms with van der Waals surface area (Å²) < 4.78 is 5.61. The van der Waals surface area contributed by atoms with E-state index in [-0.39, 0.29) is 17.9 Å². The van der Waals surface area contributed by atoms with E-state index in [0.29, 0.717) is 25.6 Å². The highest BCUT2D eigenvalue weighted by Gasteiger charge is 2.27. The van der Waals surface area contributed by atoms with Gasteiger partial charge in [-0.15, -0.1) is 0 Å². The summed E-state index contributed by atoms with van der Waals surface area (Å²) in [5, 5.41) is 3.06. The summed E-state index contributed by atoms with van der Waals surface area (Å²) in [7, 11) is 0. The van der Waals surface area contributed by atoms with Gasteiger partial charge in [0.2, 0.25) is 5.91 Å². The Morgan fingerprint density at radius 1 is 1.17 bits per heavy atom. The molecule has 1 aliphatic heterocycles. The molecular weight excluding hydrogens is 304 g/mol. The van der Waals surface area contributed by atoms with E-state index in [1.54, 1.807) is 0 Å². The molecule has 1 saturated carbocycles. The molecule has 2 amide bonds. The van der Waals surface area contributed by atoms with Crippen LogP contribution in [0.1, 0.15) is 43.0 Å². The lowest BCUT2D eigenvalue weighted by Crippen LogP contribution is -2.48. The number of carbonyl (C=O) groups is 2. The molecule has 0 aromatic heterocycles. The van der Waals surface area contributed by atoms with Crippen LogP contribution >= 0.6 is 0 Å². The van der Waals surface area contributed by atoms with E-state index in [0.717, 1.165) is 18.4 Å². The van der Waals surface area contributed by atoms with Gasteiger partial charge in [-0.05, 0) is 50.7 Å². The molecule has 1 aliphatic carbocycles. The van der Waals surface area contributed by atoms with Crippen molar-refractivity contribution in [3.05, 3.63) is 35.9 Å². The van der Waals surface area contributed by atoms with E-state index >= 15 is 0 Å². The summed E-state index contributed by atoms with van der Waals surface area (Å²) >= 11 is 0. The normalized spacial score (nSPS) is 19.8. The topological polar surface area (TPSA) is 58.6 Å². The molecule has 1 heterocycles. The highest BCUT2D eigenvalue weighted by Crippen LogP contribution is 2.29. The van der Waals surface area contributed by atoms with Crippen LogP contribution in [0.15, 0.2) is 30.3 Å². The van der Waals surface area contributed by atoms with Gasteiger partial charge in [0.05, 0.1) is 6.61 Å². The lowest BCUT2D eigenvalue weighted by atomic mass is 10.0. The lowest BCUT2D eigenvalue weighted by Gasteiger charge is -2.33. The second-order valence-corrected chi connectivity index (χ2v) is 6.86. The smallest absolute Gasteiger partial charge is 0.253 e. The summed E-state index contributed by atoms with van der Waals surface area (Å²) in [6.45, 7) is 3.86. The van der Waals surface area contributed by atoms with Gasteiger partial charge in [-0.3, -0.25) is 9.59 Å². The van der Waals surface area contributed by atoms with Gasteiger partial charge in [-0.25, -0.2) is 0 Å². The zero-order chi connectivity index (χ0) is 16.9. The van der Waals surface area contributed by atoms with Gasteiger partial charge in [-0.1, -0.05) is 18.2 Å². The van der Waals surface area contributed by atoms with Crippen LogP contribution in [0.4, 0.5) is 0 Å². The summed E-state index contributed by atoms with van der Waals surface area (Å²) in [6.07, 6.45) is 3.64. The van der Waals surface area contributed by atoms with Crippen LogP contribution in [0.3, 0.4) is 0 Å². The molecule has 1 N–H and O–H groups in total. The van der Waals surface area contributed by atoms with Gasteiger partial charge in [0.15, 0.2) is 0 Å². The number of nitrogens with one attached hydrogen (secondary N) is 1. The molecule has 5 nitrogen and oxygen atoms in total. The fourth-order valence-electron chi connectivity index (χ4n) is 2.95. The van der Waals surface area contributed by atoms with Gasteiger partial charge in [0.25, 0.3) is 5.91 Å². The van der Waals surface area contributed by atoms with Crippen molar-refractivity contribution < 1.29 is 14.3 Å². The minimum Gasteiger partial charge on any atom is -0.368 e. The first-order chi connectivity index (χ1) is 11.6. The highest BCUT2D eigenvalue weighted by atomic mass is 16.5. The van der Waals surface area contributed by atoms with E-state index in [9.17, 15) is 9.59 Å². The second kappa shape index (κ2) is 7.79. The molecule has 0 spiro atoms. The third-order valence-corrected chi connectivity index (χ3v) is 4.80. The van der Waals surface area contributed by atoms with Crippen molar-refractivity contribution in [2.75, 3.05) is 19.7 Å². The molecule has 24 heavy (non-hydrogen) atoms. The lowest BCUT2D eigenvalue weighted by molar-refractivity contribution is -0.133. The maximum Gasteiger partial charge on any atom is 0.253 e. The van der Waals surface area contributed by atoms with Crippen LogP contribution in [-0.4, -0.2) is 48.6 Å². The molecule has 1 saturated heterocycles. The molecular formula is C19H26N2O3. The standard InChI is InChI=1S/C19H26N2O3/c1-14(24-13-15-7-8-15)18(22)20-17-9-11-21(12-10-17)19(23)16-5-3-2-4-6-16/h2-6,14-15,17H,7-13H2,1H3,(H,20,22)/t14-/m1/s1. The number of nitrogens with zero attached hydrogens (tertiary/aromatic N) is 1. The monoisotopic (exact) mass is 330 g/mol. The number of benzene rings is 1. The predicted octanol–water partition coefficient (Wildman–Crippen LogP) is 2.22. The Balaban J connectivity index is 1.41. The van der Waals surface area contributed by atoms with Crippen LogP contribution in [0.5, 0.6) is 0 Å². The quantitative estimate of drug-likeness (QED) is 0.870. The van der Waals surface area contributed by atoms with Crippen molar-refractivity contribution in [1.29, 1.82) is 0 Å². The van der Waals surface area contributed by atoms with E-state index in [1.807, 2.05) is 42.2 Å². The molecule has 0 radical (unpaired) electrons. The number of hydrogen-bond donors (Lipinski definition) is 1. The van der Waals surface area contributed by atoms with E-state index in [1.165, 1.54) is 12.8 Å². The van der Waals surface area contributed by atoms with E-state index in [2.05, 4.69) is 5.32 Å². The number of amides is 2. The Hall–Kier alpha value is -1.88. The first kappa shape index (κ1) is 17.0. The third kappa shape index (κ3) is 4.57. The summed E-state index contributed by atoms with van der Waals surface area (Å²) in [4.78, 5) is 26.4. The number of rotatable bonds is 6. The average molecular weight is 330 g/mol. The number of likely N-dealkylation sites (tertiary alicyclic amines) is 1. The van der Waals surface area contributed by atoms with Crippen molar-refractivity contribution in [3.63, 3.8) is 0 Å². The number of carbonyl (C=O) groups excluding carboxylic acids is 2. The molecule has 1 aromatic carbocycles. The number of piperidine rings is 1. The Morgan fingerprint density at radius 2 is 1.83 bits per heavy atom. The molecule has 130 valence electrons. The zero-order valence-corrected chi connectivity index (χ0v) is 14.2. The molecule has 3 rings (SSSR count). The van der Waals surface area contributed by atoms with Crippen LogP contribution in [0.2, 0.25) is 0 Å². The maximum atomic E-state index is 12.4. The van der Waals surface area contributed by atoms with Gasteiger partial charge in [-0.2, -0.15) is 0 Å². The highest BCUT2D eigenvalue weighted by molar-refractivity contribution is 5.94. The first-order valence-corrected chi connectivity index (χ1v) is 8.90. The second-order valence-electron chi connectivity index (χ2n) is 6.86. The molecule has 5 heteroatoms. The van der Waals surface area contributed by atoms with Crippen LogP contribution in [0, 0.1) is 5.92 Å². The predicted molar refractivity (Wildman–Crippen MR) is 91.6 cm³/mol. The van der Waals surface area contributed by atoms with Gasteiger partial charge in [0.1, 0.15) is 6.10 Å². The SMILES string of the molecule is C[C@@H](OCC1CC1)C(=O)NC1CCN(C(=O)c2ccccc2)CC1. The minimum absolute atomic E-state index is 0.0384. The van der Waals surface area contributed by atoms with E-state index < -0.39 is 6.10 Å². The van der Waals surface area contributed by atoms with Crippen molar-refractivity contribution in [2.45, 2.75) is 44.8 Å². The molecule has 0 unspecified atom stereocenters. The van der Waals surface area contributed by atoms with Crippen molar-refractivity contribution >= 4 is 11.8 Å². The summed E-state index contributed by atoms with van der Waals surface area (Å²) in [5.74, 6) is 0.692. The third-order valence-electron chi connectivity index (χ3n) is 4.80. The average Bonchev–Trinajstić information content (AvgIpc) is 3.45. The van der Waals surface area contributed by atoms with Crippen LogP contribution in [0.25, 0.3) is 0 Å². The number of hydrogen-bond acceptors (Lipinski definition) is 3. The fourth-order valence-corrected chi connectivity index (χ4v) is 2.95. The van der Waals surface area contributed by atoms with Gasteiger partial charge >= 0.3 is 0 Å². The largest absolute Gasteiger partial charge is 0.368 e. The van der Waals surface area contributed by atoms with Crippen LogP contribution in [-0.2, 0) is 9.53 Å². The Kier molecular flexibility index (Phi) is 5.51. The fraction of sp³-hybridized carbons (Fsp3) is 0.579. The molecule has 1 atom stereocenters. The Labute approximate surface area is 143 Å². The maximum absolute atomic E-state index is 12.4. The van der Waals surface area contributed by atoms with Gasteiger partial charge in [0, 0.05) is 24.7 Å². The molecule has 1 aromatic rings. The van der Waals surface area contributed by atoms with Crippen LogP contribution < -0.4 is 5.32 Å². The molecule has 0 bridgehead atoms. The van der Waals surface area contributed by atoms with E-state index in [4.69, 9.17) is 4.74 Å². The first-order valence-electron chi connectivity index (χ1n) is 8.90. The molecule has 2 fully saturated rings. The van der Waals surface area contributed by atoms with Crippen molar-refractivity contribution in [1.82, 2.24) is 10.2 Å². The Bertz CT molecular complexity index is 563. The van der Waals surface area contributed by atoms with Crippen molar-refractivity contribution in [3.8, 4) is 0 Å². The van der Waals surface area contributed by atoms with Gasteiger partial charge < -0.3 is 15.0 Å².